The summed E-state index contributed by atoms with van der Waals surface area (Å²) in [4.78, 5) is 0. The molecular weight excluding hydrogens is 208 g/mol. The van der Waals surface area contributed by atoms with Crippen molar-refractivity contribution >= 4 is 17.3 Å². The van der Waals surface area contributed by atoms with Crippen molar-refractivity contribution in [1.29, 1.82) is 0 Å². The van der Waals surface area contributed by atoms with Crippen LogP contribution in [0, 0.1) is 0 Å². The number of rotatable bonds is 5. The van der Waals surface area contributed by atoms with Gasteiger partial charge >= 0.3 is 0 Å². The van der Waals surface area contributed by atoms with E-state index in [2.05, 4.69) is 5.32 Å². The van der Waals surface area contributed by atoms with Crippen molar-refractivity contribution in [1.82, 2.24) is 0 Å². The van der Waals surface area contributed by atoms with Crippen molar-refractivity contribution in [3.8, 4) is 0 Å². The summed E-state index contributed by atoms with van der Waals surface area (Å²) in [6.07, 6.45) is 2.08. The van der Waals surface area contributed by atoms with Crippen molar-refractivity contribution in [3.63, 3.8) is 0 Å². The van der Waals surface area contributed by atoms with E-state index in [1.165, 1.54) is 0 Å². The van der Waals surface area contributed by atoms with Gasteiger partial charge < -0.3 is 11.1 Å². The normalized spacial score (nSPS) is 11.5. The molecule has 0 unspecified atom stereocenters. The molecule has 3 heteroatoms. The molecule has 0 radical (unpaired) electrons. The highest BCUT2D eigenvalue weighted by molar-refractivity contribution is 6.30. The van der Waals surface area contributed by atoms with Crippen LogP contribution in [0.25, 0.3) is 0 Å². The van der Waals surface area contributed by atoms with Gasteiger partial charge in [0.2, 0.25) is 0 Å². The number of hydrogen-bond donors (Lipinski definition) is 2. The molecule has 0 aliphatic carbocycles. The van der Waals surface area contributed by atoms with Crippen LogP contribution in [0.15, 0.2) is 24.3 Å². The van der Waals surface area contributed by atoms with Gasteiger partial charge in [-0.2, -0.15) is 0 Å². The van der Waals surface area contributed by atoms with Crippen LogP contribution in [0.4, 0.5) is 5.69 Å². The van der Waals surface area contributed by atoms with E-state index in [0.717, 1.165) is 30.1 Å². The van der Waals surface area contributed by atoms with Crippen molar-refractivity contribution < 1.29 is 0 Å². The number of benzene rings is 1. The molecule has 15 heavy (non-hydrogen) atoms. The predicted octanol–water partition coefficient (Wildman–Crippen LogP) is 3.27. The van der Waals surface area contributed by atoms with Gasteiger partial charge in [-0.3, -0.25) is 0 Å². The third-order valence-electron chi connectivity index (χ3n) is 2.15. The molecule has 0 bridgehead atoms. The summed E-state index contributed by atoms with van der Waals surface area (Å²) < 4.78 is 0. The van der Waals surface area contributed by atoms with Gasteiger partial charge in [0.15, 0.2) is 0 Å². The lowest BCUT2D eigenvalue weighted by Gasteiger charge is -2.18. The molecule has 0 fully saturated rings. The summed E-state index contributed by atoms with van der Waals surface area (Å²) in [6.45, 7) is 5.03. The lowest BCUT2D eigenvalue weighted by atomic mass is 10.0. The molecule has 0 aliphatic heterocycles. The molecule has 0 aromatic heterocycles. The summed E-state index contributed by atoms with van der Waals surface area (Å²) >= 11 is 5.87. The zero-order valence-electron chi connectivity index (χ0n) is 9.39. The molecule has 0 saturated heterocycles. The topological polar surface area (TPSA) is 38.0 Å². The van der Waals surface area contributed by atoms with E-state index in [0.29, 0.717) is 0 Å². The van der Waals surface area contributed by atoms with Crippen LogP contribution >= 0.6 is 11.6 Å². The Bertz CT molecular complexity index is 305. The average molecular weight is 227 g/mol. The van der Waals surface area contributed by atoms with Crippen molar-refractivity contribution in [2.45, 2.75) is 32.2 Å². The molecule has 0 amide bonds. The van der Waals surface area contributed by atoms with Crippen LogP contribution < -0.4 is 11.1 Å². The van der Waals surface area contributed by atoms with Gasteiger partial charge in [-0.25, -0.2) is 0 Å². The largest absolute Gasteiger partial charge is 0.385 e. The number of hydrogen-bond acceptors (Lipinski definition) is 2. The molecule has 0 heterocycles. The van der Waals surface area contributed by atoms with Crippen LogP contribution in [-0.2, 0) is 0 Å². The van der Waals surface area contributed by atoms with Gasteiger partial charge in [0, 0.05) is 22.8 Å². The third-order valence-corrected chi connectivity index (χ3v) is 2.39. The van der Waals surface area contributed by atoms with Crippen molar-refractivity contribution in [3.05, 3.63) is 29.3 Å². The minimum Gasteiger partial charge on any atom is -0.385 e. The Morgan fingerprint density at radius 3 is 2.73 bits per heavy atom. The van der Waals surface area contributed by atoms with Gasteiger partial charge in [0.1, 0.15) is 0 Å². The zero-order chi connectivity index (χ0) is 11.3. The van der Waals surface area contributed by atoms with Crippen molar-refractivity contribution in [2.75, 3.05) is 11.9 Å². The molecule has 0 aliphatic rings. The zero-order valence-corrected chi connectivity index (χ0v) is 10.1. The maximum atomic E-state index is 5.89. The Balaban J connectivity index is 2.26. The summed E-state index contributed by atoms with van der Waals surface area (Å²) in [5.74, 6) is 0. The number of anilines is 1. The standard InChI is InChI=1S/C12H19ClN2/c1-12(2,14)7-4-8-15-11-6-3-5-10(13)9-11/h3,5-6,9,15H,4,7-8,14H2,1-2H3. The Labute approximate surface area is 96.8 Å². The maximum absolute atomic E-state index is 5.89. The molecule has 2 nitrogen and oxygen atoms in total. The van der Waals surface area contributed by atoms with E-state index in [1.807, 2.05) is 38.1 Å². The molecule has 1 aromatic carbocycles. The summed E-state index contributed by atoms with van der Waals surface area (Å²) in [6, 6.07) is 7.75. The fourth-order valence-corrected chi connectivity index (χ4v) is 1.57. The van der Waals surface area contributed by atoms with E-state index >= 15 is 0 Å². The second-order valence-corrected chi connectivity index (χ2v) is 4.97. The monoisotopic (exact) mass is 226 g/mol. The van der Waals surface area contributed by atoms with Gasteiger partial charge in [0.05, 0.1) is 0 Å². The highest BCUT2D eigenvalue weighted by Gasteiger charge is 2.08. The summed E-state index contributed by atoms with van der Waals surface area (Å²) in [7, 11) is 0. The third kappa shape index (κ3) is 5.65. The van der Waals surface area contributed by atoms with Gasteiger partial charge in [-0.05, 0) is 44.9 Å². The molecule has 0 saturated carbocycles. The van der Waals surface area contributed by atoms with Crippen molar-refractivity contribution in [2.24, 2.45) is 5.73 Å². The molecule has 1 aromatic rings. The van der Waals surface area contributed by atoms with Gasteiger partial charge in [-0.1, -0.05) is 17.7 Å². The average Bonchev–Trinajstić information content (AvgIpc) is 2.11. The molecular formula is C12H19ClN2. The summed E-state index contributed by atoms with van der Waals surface area (Å²) in [5, 5.41) is 4.08. The Hall–Kier alpha value is -0.730. The first-order chi connectivity index (χ1) is 6.97. The minimum absolute atomic E-state index is 0.0734. The Morgan fingerprint density at radius 2 is 2.13 bits per heavy atom. The first kappa shape index (κ1) is 12.3. The molecule has 1 rings (SSSR count). The number of nitrogens with one attached hydrogen (secondary N) is 1. The number of halogens is 1. The highest BCUT2D eigenvalue weighted by atomic mass is 35.5. The molecule has 0 spiro atoms. The lowest BCUT2D eigenvalue weighted by Crippen LogP contribution is -2.32. The predicted molar refractivity (Wildman–Crippen MR) is 67.4 cm³/mol. The number of nitrogens with two attached hydrogens (primary N) is 1. The van der Waals surface area contributed by atoms with Crippen LogP contribution in [0.3, 0.4) is 0 Å². The van der Waals surface area contributed by atoms with Gasteiger partial charge in [0.25, 0.3) is 0 Å². The fraction of sp³-hybridized carbons (Fsp3) is 0.500. The molecule has 84 valence electrons. The highest BCUT2D eigenvalue weighted by Crippen LogP contribution is 2.15. The van der Waals surface area contributed by atoms with E-state index in [-0.39, 0.29) is 5.54 Å². The SMILES string of the molecule is CC(C)(N)CCCNc1cccc(Cl)c1. The van der Waals surface area contributed by atoms with E-state index < -0.39 is 0 Å². The fourth-order valence-electron chi connectivity index (χ4n) is 1.38. The van der Waals surface area contributed by atoms with E-state index in [4.69, 9.17) is 17.3 Å². The Morgan fingerprint density at radius 1 is 1.40 bits per heavy atom. The minimum atomic E-state index is -0.0734. The first-order valence-electron chi connectivity index (χ1n) is 5.26. The van der Waals surface area contributed by atoms with E-state index in [1.54, 1.807) is 0 Å². The molecule has 0 atom stereocenters. The van der Waals surface area contributed by atoms with Crippen LogP contribution in [0.2, 0.25) is 5.02 Å². The van der Waals surface area contributed by atoms with Gasteiger partial charge in [-0.15, -0.1) is 0 Å². The lowest BCUT2D eigenvalue weighted by molar-refractivity contribution is 0.465. The second kappa shape index (κ2) is 5.38. The maximum Gasteiger partial charge on any atom is 0.0426 e. The first-order valence-corrected chi connectivity index (χ1v) is 5.63. The smallest absolute Gasteiger partial charge is 0.0426 e. The van der Waals surface area contributed by atoms with Crippen LogP contribution in [0.1, 0.15) is 26.7 Å². The second-order valence-electron chi connectivity index (χ2n) is 4.53. The quantitative estimate of drug-likeness (QED) is 0.757. The van der Waals surface area contributed by atoms with Crippen LogP contribution in [-0.4, -0.2) is 12.1 Å². The summed E-state index contributed by atoms with van der Waals surface area (Å²) in [5.41, 5.74) is 6.88. The van der Waals surface area contributed by atoms with E-state index in [9.17, 15) is 0 Å². The molecule has 3 N–H and O–H groups in total. The Kier molecular flexibility index (Phi) is 4.43. The van der Waals surface area contributed by atoms with Crippen LogP contribution in [0.5, 0.6) is 0 Å².